The molecule has 0 bridgehead atoms. The highest BCUT2D eigenvalue weighted by Crippen LogP contribution is 2.13. The maximum Gasteiger partial charge on any atom is 0.239 e. The maximum atomic E-state index is 11.7. The summed E-state index contributed by atoms with van der Waals surface area (Å²) in [5.41, 5.74) is 0.718. The smallest absolute Gasteiger partial charge is 0.239 e. The van der Waals surface area contributed by atoms with Gasteiger partial charge in [-0.15, -0.1) is 10.2 Å². The molecular weight excluding hydrogens is 308 g/mol. The van der Waals surface area contributed by atoms with Gasteiger partial charge in [0.05, 0.1) is 12.2 Å². The zero-order chi connectivity index (χ0) is 16.8. The molecule has 9 heteroatoms. The Morgan fingerprint density at radius 2 is 2.17 bits per heavy atom. The molecule has 0 saturated heterocycles. The number of allylic oxidation sites excluding steroid dienone is 1. The van der Waals surface area contributed by atoms with Crippen LogP contribution in [0.4, 0.5) is 0 Å². The van der Waals surface area contributed by atoms with Gasteiger partial charge in [0.1, 0.15) is 0 Å². The van der Waals surface area contributed by atoms with Crippen molar-refractivity contribution in [2.24, 2.45) is 15.3 Å². The minimum absolute atomic E-state index is 0.00421. The van der Waals surface area contributed by atoms with E-state index in [1.54, 1.807) is 23.6 Å². The van der Waals surface area contributed by atoms with Gasteiger partial charge in [0.2, 0.25) is 17.6 Å². The fraction of sp³-hybridized carbons (Fsp3) is 0.333. The van der Waals surface area contributed by atoms with E-state index in [0.29, 0.717) is 24.6 Å². The normalized spacial score (nSPS) is 16.7. The van der Waals surface area contributed by atoms with Crippen LogP contribution in [-0.2, 0) is 4.79 Å². The van der Waals surface area contributed by atoms with Gasteiger partial charge in [0, 0.05) is 25.0 Å². The molecule has 3 heterocycles. The predicted octanol–water partition coefficient (Wildman–Crippen LogP) is 1.41. The molecule has 124 valence electrons. The van der Waals surface area contributed by atoms with Crippen LogP contribution in [0.2, 0.25) is 0 Å². The third-order valence-corrected chi connectivity index (χ3v) is 3.27. The first kappa shape index (κ1) is 15.8. The molecule has 0 fully saturated rings. The summed E-state index contributed by atoms with van der Waals surface area (Å²) >= 11 is 0. The Balaban J connectivity index is 1.73. The summed E-state index contributed by atoms with van der Waals surface area (Å²) in [6, 6.07) is 1.73. The van der Waals surface area contributed by atoms with Crippen LogP contribution in [0, 0.1) is 0 Å². The van der Waals surface area contributed by atoms with Crippen LogP contribution in [0.3, 0.4) is 0 Å². The van der Waals surface area contributed by atoms with E-state index < -0.39 is 0 Å². The number of amidine groups is 1. The maximum absolute atomic E-state index is 11.7. The van der Waals surface area contributed by atoms with E-state index in [9.17, 15) is 4.79 Å². The zero-order valence-corrected chi connectivity index (χ0v) is 13.3. The molecule has 1 N–H and O–H groups in total. The Labute approximate surface area is 139 Å². The summed E-state index contributed by atoms with van der Waals surface area (Å²) in [6.07, 6.45) is 10.2. The summed E-state index contributed by atoms with van der Waals surface area (Å²) in [6.45, 7) is 2.88. The first-order valence-corrected chi connectivity index (χ1v) is 7.72. The van der Waals surface area contributed by atoms with E-state index in [1.807, 2.05) is 30.3 Å². The lowest BCUT2D eigenvalue weighted by Crippen LogP contribution is -2.40. The molecule has 1 aromatic rings. The van der Waals surface area contributed by atoms with Crippen molar-refractivity contribution in [1.29, 1.82) is 0 Å². The number of hydrogen-bond donors (Lipinski definition) is 1. The van der Waals surface area contributed by atoms with E-state index in [-0.39, 0.29) is 12.6 Å². The lowest BCUT2D eigenvalue weighted by Gasteiger charge is -2.32. The molecular formula is C15H18N8O. The average Bonchev–Trinajstić information content (AvgIpc) is 2.63. The van der Waals surface area contributed by atoms with Crippen LogP contribution in [-0.4, -0.2) is 45.1 Å². The molecule has 0 saturated carbocycles. The summed E-state index contributed by atoms with van der Waals surface area (Å²) in [5.74, 6) is 0.760. The van der Waals surface area contributed by atoms with Crippen molar-refractivity contribution in [2.75, 3.05) is 13.2 Å². The minimum atomic E-state index is -0.00421. The highest BCUT2D eigenvalue weighted by atomic mass is 16.1. The fourth-order valence-corrected chi connectivity index (χ4v) is 2.19. The Kier molecular flexibility index (Phi) is 4.90. The van der Waals surface area contributed by atoms with Crippen LogP contribution in [0.15, 0.2) is 57.8 Å². The van der Waals surface area contributed by atoms with Crippen molar-refractivity contribution in [1.82, 2.24) is 25.4 Å². The molecule has 0 spiro atoms. The average molecular weight is 326 g/mol. The monoisotopic (exact) mass is 326 g/mol. The number of nitrogens with zero attached hydrogens (tertiary/aromatic N) is 7. The molecule has 0 atom stereocenters. The highest BCUT2D eigenvalue weighted by Gasteiger charge is 2.19. The number of azo groups is 1. The third kappa shape index (κ3) is 3.80. The number of hydrazone groups is 1. The van der Waals surface area contributed by atoms with Crippen LogP contribution >= 0.6 is 0 Å². The number of aromatic nitrogens is 2. The second-order valence-corrected chi connectivity index (χ2v) is 5.16. The van der Waals surface area contributed by atoms with Gasteiger partial charge in [-0.05, 0) is 18.6 Å². The molecule has 0 unspecified atom stereocenters. The molecule has 2 aliphatic heterocycles. The quantitative estimate of drug-likeness (QED) is 0.882. The molecule has 24 heavy (non-hydrogen) atoms. The molecule has 0 aromatic carbocycles. The van der Waals surface area contributed by atoms with Crippen LogP contribution in [0.25, 0.3) is 0 Å². The second kappa shape index (κ2) is 7.44. The Bertz CT molecular complexity index is 709. The van der Waals surface area contributed by atoms with Gasteiger partial charge >= 0.3 is 0 Å². The first-order valence-electron chi connectivity index (χ1n) is 7.72. The fourth-order valence-electron chi connectivity index (χ4n) is 2.19. The first-order chi connectivity index (χ1) is 11.8. The van der Waals surface area contributed by atoms with E-state index in [0.717, 1.165) is 12.1 Å². The Morgan fingerprint density at radius 1 is 1.33 bits per heavy atom. The van der Waals surface area contributed by atoms with Crippen LogP contribution in [0.1, 0.15) is 25.6 Å². The van der Waals surface area contributed by atoms with Crippen LogP contribution < -0.4 is 5.32 Å². The van der Waals surface area contributed by atoms with Crippen molar-refractivity contribution in [3.05, 3.63) is 48.3 Å². The van der Waals surface area contributed by atoms with E-state index >= 15 is 0 Å². The predicted molar refractivity (Wildman–Crippen MR) is 87.1 cm³/mol. The number of hydrazine groups is 1. The number of hydrogen-bond acceptors (Lipinski definition) is 8. The molecule has 2 aliphatic rings. The lowest BCUT2D eigenvalue weighted by atomic mass is 10.3. The molecule has 0 radical (unpaired) electrons. The van der Waals surface area contributed by atoms with E-state index in [1.165, 1.54) is 0 Å². The molecule has 3 rings (SSSR count). The number of nitrogens with one attached hydrogen (secondary N) is 1. The van der Waals surface area contributed by atoms with Crippen LogP contribution in [0.5, 0.6) is 0 Å². The van der Waals surface area contributed by atoms with Gasteiger partial charge in [0.15, 0.2) is 6.67 Å². The number of carbonyl (C=O) groups is 1. The largest absolute Gasteiger partial charge is 0.325 e. The minimum Gasteiger partial charge on any atom is -0.325 e. The second-order valence-electron chi connectivity index (χ2n) is 5.16. The zero-order valence-electron chi connectivity index (χ0n) is 13.3. The van der Waals surface area contributed by atoms with Crippen molar-refractivity contribution in [3.8, 4) is 0 Å². The van der Waals surface area contributed by atoms with E-state index in [2.05, 4.69) is 30.6 Å². The molecule has 1 aromatic heterocycles. The van der Waals surface area contributed by atoms with Gasteiger partial charge in [-0.3, -0.25) is 9.80 Å². The summed E-state index contributed by atoms with van der Waals surface area (Å²) in [5, 5.41) is 18.9. The Hall–Kier alpha value is -3.10. The third-order valence-electron chi connectivity index (χ3n) is 3.27. The number of amides is 1. The molecule has 0 aliphatic carbocycles. The Morgan fingerprint density at radius 3 is 2.96 bits per heavy atom. The SMILES string of the molecule is CCCC(=O)NC1=CN(N2CN=NC(c3ncccn3)=N2)CC=C1. The topological polar surface area (TPSA) is 98.4 Å². The summed E-state index contributed by atoms with van der Waals surface area (Å²) in [7, 11) is 0. The molecule has 1 amide bonds. The standard InChI is InChI=1S/C15H18N8O/c1-2-5-13(24)19-12-6-3-9-22(10-12)23-11-18-20-15(21-23)14-16-7-4-8-17-14/h3-4,6-8,10H,2,5,9,11H2,1H3,(H,19,24). The van der Waals surface area contributed by atoms with Crippen molar-refractivity contribution in [3.63, 3.8) is 0 Å². The molecule has 9 nitrogen and oxygen atoms in total. The van der Waals surface area contributed by atoms with Gasteiger partial charge < -0.3 is 5.32 Å². The highest BCUT2D eigenvalue weighted by molar-refractivity contribution is 5.95. The van der Waals surface area contributed by atoms with Gasteiger partial charge in [-0.2, -0.15) is 10.2 Å². The van der Waals surface area contributed by atoms with Gasteiger partial charge in [0.25, 0.3) is 0 Å². The summed E-state index contributed by atoms with van der Waals surface area (Å²) < 4.78 is 0. The number of rotatable bonds is 5. The van der Waals surface area contributed by atoms with E-state index in [4.69, 9.17) is 0 Å². The summed E-state index contributed by atoms with van der Waals surface area (Å²) in [4.78, 5) is 20.0. The van der Waals surface area contributed by atoms with Crippen molar-refractivity contribution in [2.45, 2.75) is 19.8 Å². The lowest BCUT2D eigenvalue weighted by molar-refractivity contribution is -0.120. The van der Waals surface area contributed by atoms with Gasteiger partial charge in [-0.1, -0.05) is 13.0 Å². The van der Waals surface area contributed by atoms with Gasteiger partial charge in [-0.25, -0.2) is 9.97 Å². The van der Waals surface area contributed by atoms with Crippen molar-refractivity contribution >= 4 is 11.7 Å². The van der Waals surface area contributed by atoms with Crippen molar-refractivity contribution < 1.29 is 4.79 Å². The number of carbonyl (C=O) groups excluding carboxylic acids is 1.